The fourth-order valence-electron chi connectivity index (χ4n) is 2.05. The van der Waals surface area contributed by atoms with E-state index in [1.54, 1.807) is 6.20 Å². The van der Waals surface area contributed by atoms with Crippen LogP contribution in [0.15, 0.2) is 24.4 Å². The van der Waals surface area contributed by atoms with Crippen LogP contribution in [0.2, 0.25) is 0 Å². The van der Waals surface area contributed by atoms with E-state index in [9.17, 15) is 0 Å². The second-order valence-corrected chi connectivity index (χ2v) is 4.98. The van der Waals surface area contributed by atoms with Crippen LogP contribution >= 0.6 is 0 Å². The third-order valence-electron chi connectivity index (χ3n) is 3.37. The first-order valence-corrected chi connectivity index (χ1v) is 6.39. The number of nitrogen functional groups attached to an aromatic ring is 1. The highest BCUT2D eigenvalue weighted by atomic mass is 16.5. The molecule has 2 aromatic rings. The van der Waals surface area contributed by atoms with E-state index in [0.717, 1.165) is 33.8 Å². The van der Waals surface area contributed by atoms with Crippen molar-refractivity contribution in [2.24, 2.45) is 0 Å². The number of benzene rings is 1. The summed E-state index contributed by atoms with van der Waals surface area (Å²) in [6.45, 7) is 8.51. The van der Waals surface area contributed by atoms with Gasteiger partial charge in [-0.3, -0.25) is 4.98 Å². The van der Waals surface area contributed by atoms with E-state index in [1.165, 1.54) is 5.56 Å². The van der Waals surface area contributed by atoms with Crippen molar-refractivity contribution in [1.82, 2.24) is 4.98 Å². The lowest BCUT2D eigenvalue weighted by atomic mass is 10.1. The molecule has 3 nitrogen and oxygen atoms in total. The Kier molecular flexibility index (Phi) is 3.74. The fourth-order valence-corrected chi connectivity index (χ4v) is 2.05. The summed E-state index contributed by atoms with van der Waals surface area (Å²) in [5.41, 5.74) is 12.1. The zero-order valence-corrected chi connectivity index (χ0v) is 11.9. The van der Waals surface area contributed by atoms with Gasteiger partial charge in [0.15, 0.2) is 0 Å². The molecule has 3 heteroatoms. The molecule has 0 saturated carbocycles. The molecule has 100 valence electrons. The van der Waals surface area contributed by atoms with Crippen LogP contribution in [0.25, 0.3) is 0 Å². The number of nitrogens with two attached hydrogens (primary N) is 1. The van der Waals surface area contributed by atoms with Crippen molar-refractivity contribution in [2.75, 3.05) is 5.73 Å². The molecule has 0 aliphatic carbocycles. The number of anilines is 1. The van der Waals surface area contributed by atoms with Crippen molar-refractivity contribution in [3.05, 3.63) is 52.3 Å². The lowest BCUT2D eigenvalue weighted by molar-refractivity contribution is 0.298. The maximum atomic E-state index is 6.01. The number of aromatic nitrogens is 1. The summed E-state index contributed by atoms with van der Waals surface area (Å²) in [7, 11) is 0. The van der Waals surface area contributed by atoms with Crippen LogP contribution in [0.4, 0.5) is 5.69 Å². The predicted molar refractivity (Wildman–Crippen MR) is 78.4 cm³/mol. The Hall–Kier alpha value is -2.03. The molecule has 0 aliphatic heterocycles. The van der Waals surface area contributed by atoms with Gasteiger partial charge in [-0.1, -0.05) is 17.7 Å². The number of aryl methyl sites for hydroxylation is 3. The highest BCUT2D eigenvalue weighted by Gasteiger charge is 2.07. The standard InChI is InChI=1S/C16H20N2O/c1-10-5-6-15(11(2)7-10)19-9-14-13(4)16(17)12(3)8-18-14/h5-8H,9H2,1-4H3,(H2,17,18). The SMILES string of the molecule is Cc1ccc(OCc2ncc(C)c(N)c2C)c(C)c1. The van der Waals surface area contributed by atoms with Crippen LogP contribution < -0.4 is 10.5 Å². The molecule has 0 atom stereocenters. The summed E-state index contributed by atoms with van der Waals surface area (Å²) in [4.78, 5) is 4.40. The van der Waals surface area contributed by atoms with E-state index in [4.69, 9.17) is 10.5 Å². The zero-order valence-electron chi connectivity index (χ0n) is 11.9. The van der Waals surface area contributed by atoms with Crippen molar-refractivity contribution in [3.63, 3.8) is 0 Å². The van der Waals surface area contributed by atoms with Gasteiger partial charge in [0.05, 0.1) is 5.69 Å². The molecule has 0 bridgehead atoms. The molecule has 0 aliphatic rings. The molecule has 0 saturated heterocycles. The summed E-state index contributed by atoms with van der Waals surface area (Å²) in [6, 6.07) is 6.16. The van der Waals surface area contributed by atoms with E-state index in [0.29, 0.717) is 6.61 Å². The average Bonchev–Trinajstić information content (AvgIpc) is 2.37. The largest absolute Gasteiger partial charge is 0.487 e. The van der Waals surface area contributed by atoms with Crippen LogP contribution in [0, 0.1) is 27.7 Å². The van der Waals surface area contributed by atoms with Crippen LogP contribution in [0.5, 0.6) is 5.75 Å². The van der Waals surface area contributed by atoms with Gasteiger partial charge in [-0.2, -0.15) is 0 Å². The average molecular weight is 256 g/mol. The summed E-state index contributed by atoms with van der Waals surface area (Å²) < 4.78 is 5.84. The van der Waals surface area contributed by atoms with Crippen LogP contribution in [-0.2, 0) is 6.61 Å². The van der Waals surface area contributed by atoms with E-state index < -0.39 is 0 Å². The Morgan fingerprint density at radius 1 is 1.11 bits per heavy atom. The van der Waals surface area contributed by atoms with Crippen molar-refractivity contribution in [1.29, 1.82) is 0 Å². The van der Waals surface area contributed by atoms with Crippen molar-refractivity contribution >= 4 is 5.69 Å². The highest BCUT2D eigenvalue weighted by molar-refractivity contribution is 5.53. The zero-order chi connectivity index (χ0) is 14.0. The number of hydrogen-bond acceptors (Lipinski definition) is 3. The second kappa shape index (κ2) is 5.31. The van der Waals surface area contributed by atoms with Gasteiger partial charge in [0.1, 0.15) is 12.4 Å². The summed E-state index contributed by atoms with van der Waals surface area (Å²) >= 11 is 0. The molecule has 0 radical (unpaired) electrons. The van der Waals surface area contributed by atoms with Crippen molar-refractivity contribution < 1.29 is 4.74 Å². The molecular weight excluding hydrogens is 236 g/mol. The molecule has 0 spiro atoms. The lowest BCUT2D eigenvalue weighted by Gasteiger charge is -2.13. The first-order chi connectivity index (χ1) is 8.99. The molecule has 2 N–H and O–H groups in total. The number of pyridine rings is 1. The Balaban J connectivity index is 2.17. The van der Waals surface area contributed by atoms with E-state index in [1.807, 2.05) is 32.9 Å². The molecule has 0 amide bonds. The number of rotatable bonds is 3. The molecular formula is C16H20N2O. The summed E-state index contributed by atoms with van der Waals surface area (Å²) in [5, 5.41) is 0. The molecule has 19 heavy (non-hydrogen) atoms. The molecule has 0 unspecified atom stereocenters. The van der Waals surface area contributed by atoms with E-state index in [2.05, 4.69) is 18.0 Å². The van der Waals surface area contributed by atoms with Crippen LogP contribution in [-0.4, -0.2) is 4.98 Å². The van der Waals surface area contributed by atoms with Crippen molar-refractivity contribution in [2.45, 2.75) is 34.3 Å². The quantitative estimate of drug-likeness (QED) is 0.914. The minimum atomic E-state index is 0.445. The van der Waals surface area contributed by atoms with Gasteiger partial charge in [-0.05, 0) is 50.5 Å². The van der Waals surface area contributed by atoms with E-state index in [-0.39, 0.29) is 0 Å². The summed E-state index contributed by atoms with van der Waals surface area (Å²) in [5.74, 6) is 0.894. The van der Waals surface area contributed by atoms with Gasteiger partial charge in [-0.15, -0.1) is 0 Å². The maximum absolute atomic E-state index is 6.01. The van der Waals surface area contributed by atoms with Gasteiger partial charge in [-0.25, -0.2) is 0 Å². The number of nitrogens with zero attached hydrogens (tertiary/aromatic N) is 1. The number of ether oxygens (including phenoxy) is 1. The third kappa shape index (κ3) is 2.87. The Labute approximate surface area is 114 Å². The third-order valence-corrected chi connectivity index (χ3v) is 3.37. The van der Waals surface area contributed by atoms with E-state index >= 15 is 0 Å². The highest BCUT2D eigenvalue weighted by Crippen LogP contribution is 2.22. The Bertz CT molecular complexity index is 606. The smallest absolute Gasteiger partial charge is 0.131 e. The number of hydrogen-bond donors (Lipinski definition) is 1. The minimum Gasteiger partial charge on any atom is -0.487 e. The van der Waals surface area contributed by atoms with Gasteiger partial charge in [0, 0.05) is 11.9 Å². The van der Waals surface area contributed by atoms with Gasteiger partial charge in [0.25, 0.3) is 0 Å². The van der Waals surface area contributed by atoms with Gasteiger partial charge < -0.3 is 10.5 Å². The molecule has 1 aromatic heterocycles. The van der Waals surface area contributed by atoms with Gasteiger partial charge >= 0.3 is 0 Å². The second-order valence-electron chi connectivity index (χ2n) is 4.98. The maximum Gasteiger partial charge on any atom is 0.131 e. The molecule has 1 heterocycles. The predicted octanol–water partition coefficient (Wildman–Crippen LogP) is 3.48. The summed E-state index contributed by atoms with van der Waals surface area (Å²) in [6.07, 6.45) is 1.79. The first-order valence-electron chi connectivity index (χ1n) is 6.39. The first kappa shape index (κ1) is 13.4. The van der Waals surface area contributed by atoms with Gasteiger partial charge in [0.2, 0.25) is 0 Å². The molecule has 2 rings (SSSR count). The topological polar surface area (TPSA) is 48.1 Å². The molecule has 0 fully saturated rings. The Morgan fingerprint density at radius 3 is 2.53 bits per heavy atom. The Morgan fingerprint density at radius 2 is 1.84 bits per heavy atom. The normalized spacial score (nSPS) is 10.5. The minimum absolute atomic E-state index is 0.445. The van der Waals surface area contributed by atoms with Crippen molar-refractivity contribution in [3.8, 4) is 5.75 Å². The fraction of sp³-hybridized carbons (Fsp3) is 0.312. The lowest BCUT2D eigenvalue weighted by Crippen LogP contribution is -2.05. The molecule has 1 aromatic carbocycles. The van der Waals surface area contributed by atoms with Crippen LogP contribution in [0.1, 0.15) is 27.9 Å². The monoisotopic (exact) mass is 256 g/mol. The van der Waals surface area contributed by atoms with Crippen LogP contribution in [0.3, 0.4) is 0 Å².